The van der Waals surface area contributed by atoms with Gasteiger partial charge in [-0.1, -0.05) is 0 Å². The van der Waals surface area contributed by atoms with Crippen LogP contribution in [0.5, 0.6) is 0 Å². The average Bonchev–Trinajstić information content (AvgIpc) is 3.60. The minimum absolute atomic E-state index is 0. The number of ether oxygens (including phenoxy) is 4. The Morgan fingerprint density at radius 3 is 0.395 bits per heavy atom. The quantitative estimate of drug-likeness (QED) is 0.210. The molecule has 4 heterocycles. The largest absolute Gasteiger partial charge is 3.00 e. The molecule has 4 saturated heterocycles. The summed E-state index contributed by atoms with van der Waals surface area (Å²) in [5.74, 6) is 5.67. The predicted octanol–water partition coefficient (Wildman–Crippen LogP) is 6.67. The molecule has 4 nitrogen and oxygen atoms in total. The molecule has 0 aromatic heterocycles. The Labute approximate surface area is 284 Å². The molecule has 0 bridgehead atoms. The van der Waals surface area contributed by atoms with Crippen LogP contribution in [0.25, 0.3) is 0 Å². The van der Waals surface area contributed by atoms with Gasteiger partial charge in [-0.3, -0.25) is 0 Å². The molecule has 0 aromatic carbocycles. The first kappa shape index (κ1) is 52.3. The summed E-state index contributed by atoms with van der Waals surface area (Å²) in [7, 11) is 0. The fourth-order valence-corrected chi connectivity index (χ4v) is 2.04. The first-order chi connectivity index (χ1) is 16.9. The summed E-state index contributed by atoms with van der Waals surface area (Å²) in [5, 5.41) is 0. The normalized spacial score (nSPS) is 16.4. The smallest absolute Gasteiger partial charge is 0.381 e. The van der Waals surface area contributed by atoms with Crippen molar-refractivity contribution in [2.24, 2.45) is 0 Å². The summed E-state index contributed by atoms with van der Waals surface area (Å²) < 4.78 is 19.8. The zero-order valence-electron chi connectivity index (χ0n) is 28.2. The molecule has 4 fully saturated rings. The summed E-state index contributed by atoms with van der Waals surface area (Å²) in [6, 6.07) is 0. The number of rotatable bonds is 0. The van der Waals surface area contributed by atoms with Crippen LogP contribution in [0.2, 0.25) is 0 Å². The van der Waals surface area contributed by atoms with Gasteiger partial charge in [-0.25, -0.2) is 0 Å². The molecule has 4 aliphatic heterocycles. The first-order valence-electron chi connectivity index (χ1n) is 14.3. The number of hydrogen-bond acceptors (Lipinski definition) is 4. The summed E-state index contributed by atoms with van der Waals surface area (Å²) >= 11 is 0. The maximum absolute atomic E-state index is 4.94. The second-order valence-corrected chi connectivity index (χ2v) is 11.3. The van der Waals surface area contributed by atoms with E-state index in [1.807, 2.05) is 0 Å². The minimum Gasteiger partial charge on any atom is -0.381 e. The van der Waals surface area contributed by atoms with Crippen molar-refractivity contribution in [1.29, 1.82) is 0 Å². The molecule has 0 aliphatic carbocycles. The molecule has 0 unspecified atom stereocenters. The van der Waals surface area contributed by atoms with Crippen molar-refractivity contribution in [2.45, 2.75) is 134 Å². The van der Waals surface area contributed by atoms with Gasteiger partial charge in [-0.2, -0.15) is 83.1 Å². The molecular formula is C32H68ErLiO4. The van der Waals surface area contributed by atoms with E-state index in [2.05, 4.69) is 83.1 Å². The Kier molecular flexibility index (Phi) is 66.7. The van der Waals surface area contributed by atoms with Crippen LogP contribution >= 0.6 is 0 Å². The monoisotopic (exact) mass is 689 g/mol. The predicted molar refractivity (Wildman–Crippen MR) is 161 cm³/mol. The van der Waals surface area contributed by atoms with E-state index >= 15 is 0 Å². The molecule has 0 aromatic rings. The molecule has 0 atom stereocenters. The van der Waals surface area contributed by atoms with Gasteiger partial charge in [0.15, 0.2) is 0 Å². The second kappa shape index (κ2) is 48.4. The fraction of sp³-hybridized carbons (Fsp3) is 0.875. The molecule has 4 aliphatic rings. The Balaban J connectivity index is -0.0000000767. The van der Waals surface area contributed by atoms with Gasteiger partial charge in [0.2, 0.25) is 0 Å². The molecule has 6 heteroatoms. The van der Waals surface area contributed by atoms with Gasteiger partial charge in [-0.15, -0.1) is 0 Å². The van der Waals surface area contributed by atoms with E-state index in [0.29, 0.717) is 0 Å². The van der Waals surface area contributed by atoms with Gasteiger partial charge < -0.3 is 42.6 Å². The third kappa shape index (κ3) is 108. The van der Waals surface area contributed by atoms with Crippen molar-refractivity contribution in [2.75, 3.05) is 52.9 Å². The second-order valence-electron chi connectivity index (χ2n) is 11.3. The summed E-state index contributed by atoms with van der Waals surface area (Å²) in [6.07, 6.45) is 10.2. The van der Waals surface area contributed by atoms with E-state index in [4.69, 9.17) is 18.9 Å². The van der Waals surface area contributed by atoms with E-state index in [9.17, 15) is 0 Å². The molecule has 0 saturated carbocycles. The average molecular weight is 691 g/mol. The SMILES string of the molecule is C1CCOC1.C1CCOC1.C1CCOC1.C1CCOC1.C[C-](C)C.C[C-](C)C.C[C-](C)C.C[C-](C)C.[Er+3].[Li+]. The van der Waals surface area contributed by atoms with Crippen LogP contribution < -0.4 is 18.9 Å². The molecular weight excluding hydrogens is 623 g/mol. The maximum atomic E-state index is 4.94. The van der Waals surface area contributed by atoms with Crippen LogP contribution in [0, 0.1) is 61.0 Å². The van der Waals surface area contributed by atoms with Crippen molar-refractivity contribution in [3.05, 3.63) is 23.7 Å². The topological polar surface area (TPSA) is 36.9 Å². The van der Waals surface area contributed by atoms with Gasteiger partial charge in [0.25, 0.3) is 0 Å². The van der Waals surface area contributed by atoms with Crippen LogP contribution in [0.4, 0.5) is 0 Å². The van der Waals surface area contributed by atoms with Crippen LogP contribution in [-0.4, -0.2) is 52.9 Å². The molecule has 1 radical (unpaired) electrons. The molecule has 0 N–H and O–H groups in total. The minimum atomic E-state index is 0. The van der Waals surface area contributed by atoms with Crippen LogP contribution in [0.15, 0.2) is 0 Å². The summed E-state index contributed by atoms with van der Waals surface area (Å²) in [6.45, 7) is 33.0. The van der Waals surface area contributed by atoms with Crippen LogP contribution in [0.1, 0.15) is 134 Å². The zero-order chi connectivity index (χ0) is 28.5. The van der Waals surface area contributed by atoms with Crippen molar-refractivity contribution < 1.29 is 75.1 Å². The van der Waals surface area contributed by atoms with E-state index in [-0.39, 0.29) is 56.2 Å². The molecule has 0 spiro atoms. The Hall–Kier alpha value is 1.68. The van der Waals surface area contributed by atoms with Crippen molar-refractivity contribution in [3.8, 4) is 0 Å². The molecule has 38 heavy (non-hydrogen) atoms. The Morgan fingerprint density at radius 2 is 0.368 bits per heavy atom. The van der Waals surface area contributed by atoms with Crippen LogP contribution in [-0.2, 0) is 18.9 Å². The van der Waals surface area contributed by atoms with E-state index in [1.165, 1.54) is 75.0 Å². The molecule has 233 valence electrons. The van der Waals surface area contributed by atoms with E-state index in [0.717, 1.165) is 52.9 Å². The van der Waals surface area contributed by atoms with Crippen molar-refractivity contribution >= 4 is 0 Å². The fourth-order valence-electron chi connectivity index (χ4n) is 2.04. The third-order valence-electron chi connectivity index (χ3n) is 3.31. The van der Waals surface area contributed by atoms with Crippen LogP contribution in [0.3, 0.4) is 0 Å². The summed E-state index contributed by atoms with van der Waals surface area (Å²) in [4.78, 5) is 0. The van der Waals surface area contributed by atoms with Crippen molar-refractivity contribution in [1.82, 2.24) is 0 Å². The Bertz CT molecular complexity index is 222. The van der Waals surface area contributed by atoms with Gasteiger partial charge in [0.05, 0.1) is 0 Å². The van der Waals surface area contributed by atoms with Gasteiger partial charge in [0, 0.05) is 52.9 Å². The maximum Gasteiger partial charge on any atom is 3.00 e. The first-order valence-corrected chi connectivity index (χ1v) is 14.3. The molecule has 4 rings (SSSR count). The summed E-state index contributed by atoms with van der Waals surface area (Å²) in [5.41, 5.74) is 0. The van der Waals surface area contributed by atoms with Crippen molar-refractivity contribution in [3.63, 3.8) is 0 Å². The van der Waals surface area contributed by atoms with E-state index in [1.54, 1.807) is 0 Å². The number of hydrogen-bond donors (Lipinski definition) is 0. The Morgan fingerprint density at radius 1 is 0.289 bits per heavy atom. The third-order valence-corrected chi connectivity index (χ3v) is 3.31. The standard InChI is InChI=1S/4C4H8O.4C4H9.Er.Li/c4*1-2-4-5-3-1;4*1-4(2)3;;/h4*1-4H2;4*1-3H3;;/q;;;;4*-1;+3;+1. The van der Waals surface area contributed by atoms with Gasteiger partial charge in [0.1, 0.15) is 0 Å². The molecule has 0 amide bonds. The zero-order valence-corrected chi connectivity index (χ0v) is 30.1. The van der Waals surface area contributed by atoms with Gasteiger partial charge >= 0.3 is 56.2 Å². The van der Waals surface area contributed by atoms with E-state index < -0.39 is 0 Å². The van der Waals surface area contributed by atoms with Gasteiger partial charge in [-0.05, 0) is 51.4 Å².